The monoisotopic (exact) mass is 483 g/mol. The molecule has 1 aromatic carbocycles. The zero-order valence-corrected chi connectivity index (χ0v) is 19.3. The molecular formula is C23H28F3N3O5. The molecule has 1 N–H and O–H groups in total. The molecule has 0 unspecified atom stereocenters. The third kappa shape index (κ3) is 5.10. The molecule has 3 heterocycles. The summed E-state index contributed by atoms with van der Waals surface area (Å²) in [6.45, 7) is 7.73. The highest BCUT2D eigenvalue weighted by molar-refractivity contribution is 6.08. The first-order valence-corrected chi connectivity index (χ1v) is 10.9. The van der Waals surface area contributed by atoms with E-state index in [1.54, 1.807) is 7.11 Å². The number of hydrogen-bond donors (Lipinski definition) is 1. The molecule has 0 saturated carbocycles. The van der Waals surface area contributed by atoms with E-state index in [2.05, 4.69) is 22.2 Å². The maximum atomic E-state index is 13.4. The molecule has 34 heavy (non-hydrogen) atoms. The van der Waals surface area contributed by atoms with Crippen molar-refractivity contribution in [2.75, 3.05) is 38.3 Å². The third-order valence-electron chi connectivity index (χ3n) is 6.40. The van der Waals surface area contributed by atoms with Crippen LogP contribution in [0.25, 0.3) is 0 Å². The zero-order valence-electron chi connectivity index (χ0n) is 19.3. The van der Waals surface area contributed by atoms with Crippen LogP contribution in [0.2, 0.25) is 0 Å². The summed E-state index contributed by atoms with van der Waals surface area (Å²) in [5.41, 5.74) is 3.98. The van der Waals surface area contributed by atoms with Gasteiger partial charge < -0.3 is 19.3 Å². The molecule has 2 aliphatic rings. The Kier molecular flexibility index (Phi) is 7.67. The van der Waals surface area contributed by atoms with Crippen molar-refractivity contribution in [2.45, 2.75) is 44.8 Å². The number of nitrogens with zero attached hydrogens (tertiary/aromatic N) is 3. The number of aryl methyl sites for hydroxylation is 2. The lowest BCUT2D eigenvalue weighted by atomic mass is 9.73. The van der Waals surface area contributed by atoms with E-state index in [-0.39, 0.29) is 11.3 Å². The van der Waals surface area contributed by atoms with Gasteiger partial charge in [0.25, 0.3) is 0 Å². The summed E-state index contributed by atoms with van der Waals surface area (Å²) in [7, 11) is 1.68. The highest BCUT2D eigenvalue weighted by Gasteiger charge is 2.51. The van der Waals surface area contributed by atoms with Gasteiger partial charge in [0.1, 0.15) is 5.76 Å². The molecule has 2 aromatic rings. The van der Waals surface area contributed by atoms with E-state index >= 15 is 0 Å². The smallest absolute Gasteiger partial charge is 0.475 e. The fraction of sp³-hybridized carbons (Fsp3) is 0.522. The van der Waals surface area contributed by atoms with Crippen LogP contribution in [-0.4, -0.2) is 66.6 Å². The second-order valence-corrected chi connectivity index (χ2v) is 8.43. The van der Waals surface area contributed by atoms with Crippen molar-refractivity contribution in [1.82, 2.24) is 10.1 Å². The van der Waals surface area contributed by atoms with Crippen LogP contribution in [0, 0.1) is 13.8 Å². The molecule has 1 spiro atoms. The molecule has 1 fully saturated rings. The molecule has 2 aliphatic heterocycles. The van der Waals surface area contributed by atoms with Crippen LogP contribution < -0.4 is 4.90 Å². The van der Waals surface area contributed by atoms with Gasteiger partial charge in [-0.1, -0.05) is 23.4 Å². The molecule has 4 rings (SSSR count). The molecular weight excluding hydrogens is 455 g/mol. The van der Waals surface area contributed by atoms with Crippen molar-refractivity contribution in [2.24, 2.45) is 0 Å². The molecule has 0 radical (unpaired) electrons. The highest BCUT2D eigenvalue weighted by atomic mass is 19.4. The quantitative estimate of drug-likeness (QED) is 0.696. The minimum absolute atomic E-state index is 0.234. The Hall–Kier alpha value is -2.92. The first-order chi connectivity index (χ1) is 16.0. The number of methoxy groups -OCH3 is 1. The van der Waals surface area contributed by atoms with Crippen molar-refractivity contribution >= 4 is 17.6 Å². The summed E-state index contributed by atoms with van der Waals surface area (Å²) < 4.78 is 42.3. The van der Waals surface area contributed by atoms with Crippen molar-refractivity contribution < 1.29 is 37.1 Å². The summed E-state index contributed by atoms with van der Waals surface area (Å²) in [6, 6.07) is 8.25. The van der Waals surface area contributed by atoms with Crippen LogP contribution in [0.3, 0.4) is 0 Å². The number of likely N-dealkylation sites (tertiary alicyclic amines) is 1. The number of para-hydroxylation sites is 1. The largest absolute Gasteiger partial charge is 0.490 e. The number of amides is 1. The SMILES string of the molecule is COCCN1C(=O)C2(CCN(Cc3c(C)noc3C)CC2)c2ccccc21.O=C(O)C(F)(F)F. The Morgan fingerprint density at radius 3 is 2.38 bits per heavy atom. The van der Waals surface area contributed by atoms with Gasteiger partial charge in [-0.25, -0.2) is 4.79 Å². The van der Waals surface area contributed by atoms with Crippen LogP contribution in [0.15, 0.2) is 28.8 Å². The predicted octanol–water partition coefficient (Wildman–Crippen LogP) is 3.45. The van der Waals surface area contributed by atoms with Gasteiger partial charge in [0.2, 0.25) is 5.91 Å². The zero-order chi connectivity index (χ0) is 25.1. The fourth-order valence-corrected chi connectivity index (χ4v) is 4.53. The summed E-state index contributed by atoms with van der Waals surface area (Å²) >= 11 is 0. The Bertz CT molecular complexity index is 1010. The molecule has 11 heteroatoms. The van der Waals surface area contributed by atoms with E-state index in [1.807, 2.05) is 30.9 Å². The summed E-state index contributed by atoms with van der Waals surface area (Å²) in [5.74, 6) is -1.63. The van der Waals surface area contributed by atoms with Crippen LogP contribution in [-0.2, 0) is 26.3 Å². The average Bonchev–Trinajstić information content (AvgIpc) is 3.23. The number of rotatable bonds is 5. The minimum Gasteiger partial charge on any atom is -0.475 e. The van der Waals surface area contributed by atoms with Crippen LogP contribution >= 0.6 is 0 Å². The molecule has 0 atom stereocenters. The van der Waals surface area contributed by atoms with E-state index in [1.165, 1.54) is 11.1 Å². The molecule has 0 aliphatic carbocycles. The number of halogens is 3. The molecule has 1 saturated heterocycles. The Morgan fingerprint density at radius 2 is 1.85 bits per heavy atom. The average molecular weight is 483 g/mol. The van der Waals surface area contributed by atoms with Gasteiger partial charge >= 0.3 is 12.1 Å². The molecule has 1 amide bonds. The molecule has 8 nitrogen and oxygen atoms in total. The number of piperidine rings is 1. The summed E-state index contributed by atoms with van der Waals surface area (Å²) in [6.07, 6.45) is -3.40. The Labute approximate surface area is 195 Å². The number of carbonyl (C=O) groups excluding carboxylic acids is 1. The lowest BCUT2D eigenvalue weighted by Gasteiger charge is -2.38. The number of hydrogen-bond acceptors (Lipinski definition) is 6. The number of carbonyl (C=O) groups is 2. The van der Waals surface area contributed by atoms with Gasteiger partial charge in [-0.3, -0.25) is 9.69 Å². The number of fused-ring (bicyclic) bond motifs is 2. The number of aliphatic carboxylic acids is 1. The minimum atomic E-state index is -5.08. The molecule has 1 aromatic heterocycles. The maximum absolute atomic E-state index is 13.4. The van der Waals surface area contributed by atoms with Crippen LogP contribution in [0.4, 0.5) is 18.9 Å². The van der Waals surface area contributed by atoms with Gasteiger partial charge in [0.15, 0.2) is 0 Å². The third-order valence-corrected chi connectivity index (χ3v) is 6.40. The number of aromatic nitrogens is 1. The number of alkyl halides is 3. The number of benzene rings is 1. The number of ether oxygens (including phenoxy) is 1. The second kappa shape index (κ2) is 10.1. The number of carboxylic acid groups (broad SMARTS) is 1. The molecule has 186 valence electrons. The van der Waals surface area contributed by atoms with Crippen molar-refractivity contribution in [3.8, 4) is 0 Å². The topological polar surface area (TPSA) is 96.1 Å². The lowest BCUT2D eigenvalue weighted by molar-refractivity contribution is -0.192. The van der Waals surface area contributed by atoms with Gasteiger partial charge in [0, 0.05) is 31.5 Å². The van der Waals surface area contributed by atoms with E-state index in [0.717, 1.165) is 49.6 Å². The first-order valence-electron chi connectivity index (χ1n) is 10.9. The number of carboxylic acids is 1. The Balaban J connectivity index is 0.000000406. The van der Waals surface area contributed by atoms with Crippen molar-refractivity contribution in [3.05, 3.63) is 46.8 Å². The van der Waals surface area contributed by atoms with Gasteiger partial charge in [0.05, 0.1) is 17.7 Å². The van der Waals surface area contributed by atoms with Crippen LogP contribution in [0.5, 0.6) is 0 Å². The lowest BCUT2D eigenvalue weighted by Crippen LogP contribution is -2.49. The molecule has 0 bridgehead atoms. The van der Waals surface area contributed by atoms with Crippen molar-refractivity contribution in [3.63, 3.8) is 0 Å². The second-order valence-electron chi connectivity index (χ2n) is 8.43. The first kappa shape index (κ1) is 25.7. The number of anilines is 1. The van der Waals surface area contributed by atoms with Gasteiger partial charge in [-0.15, -0.1) is 0 Å². The van der Waals surface area contributed by atoms with E-state index in [0.29, 0.717) is 13.2 Å². The normalized spacial score (nSPS) is 17.5. The van der Waals surface area contributed by atoms with Crippen molar-refractivity contribution in [1.29, 1.82) is 0 Å². The fourth-order valence-electron chi connectivity index (χ4n) is 4.53. The predicted molar refractivity (Wildman–Crippen MR) is 117 cm³/mol. The van der Waals surface area contributed by atoms with E-state index in [9.17, 15) is 18.0 Å². The summed E-state index contributed by atoms with van der Waals surface area (Å²) in [4.78, 5) is 26.6. The Morgan fingerprint density at radius 1 is 1.24 bits per heavy atom. The van der Waals surface area contributed by atoms with E-state index in [4.69, 9.17) is 19.2 Å². The summed E-state index contributed by atoms with van der Waals surface area (Å²) in [5, 5.41) is 11.2. The van der Waals surface area contributed by atoms with Crippen LogP contribution in [0.1, 0.15) is 35.4 Å². The standard InChI is InChI=1S/C21H27N3O3.C2HF3O2/c1-15-17(16(2)27-22-15)14-23-10-8-21(9-11-23)18-6-4-5-7-19(18)24(20(21)25)12-13-26-3;3-2(4,5)1(6)7/h4-7H,8-14H2,1-3H3;(H,6,7). The van der Waals surface area contributed by atoms with Gasteiger partial charge in [-0.05, 0) is 51.4 Å². The highest BCUT2D eigenvalue weighted by Crippen LogP contribution is 2.48. The van der Waals surface area contributed by atoms with Gasteiger partial charge in [-0.2, -0.15) is 13.2 Å². The maximum Gasteiger partial charge on any atom is 0.490 e. The van der Waals surface area contributed by atoms with E-state index < -0.39 is 12.1 Å².